The van der Waals surface area contributed by atoms with Crippen molar-refractivity contribution in [3.8, 4) is 0 Å². The number of para-hydroxylation sites is 1. The van der Waals surface area contributed by atoms with E-state index >= 15 is 0 Å². The summed E-state index contributed by atoms with van der Waals surface area (Å²) < 4.78 is 1.02. The summed E-state index contributed by atoms with van der Waals surface area (Å²) in [5.74, 6) is 0. The smallest absolute Gasteiger partial charge is 0.336 e. The molecule has 18 heavy (non-hydrogen) atoms. The molecule has 0 aliphatic rings. The van der Waals surface area contributed by atoms with Gasteiger partial charge in [-0.05, 0) is 18.6 Å². The van der Waals surface area contributed by atoms with Gasteiger partial charge in [-0.2, -0.15) is 4.68 Å². The molecule has 0 unspecified atom stereocenters. The number of nitrogens with zero attached hydrogens (tertiary/aromatic N) is 1. The largest absolute Gasteiger partial charge is 0.343 e. The average molecular weight is 247 g/mol. The molecule has 0 atom stereocenters. The second kappa shape index (κ2) is 5.53. The molecule has 1 amide bonds. The Morgan fingerprint density at radius 1 is 1.33 bits per heavy atom. The van der Waals surface area contributed by atoms with Crippen molar-refractivity contribution in [1.29, 1.82) is 0 Å². The van der Waals surface area contributed by atoms with Crippen LogP contribution in [0.2, 0.25) is 0 Å². The van der Waals surface area contributed by atoms with Crippen LogP contribution in [0.4, 0.5) is 4.79 Å². The van der Waals surface area contributed by atoms with E-state index in [1.165, 1.54) is 0 Å². The van der Waals surface area contributed by atoms with Gasteiger partial charge in [0, 0.05) is 6.54 Å². The Kier molecular flexibility index (Phi) is 3.82. The molecule has 0 aliphatic heterocycles. The van der Waals surface area contributed by atoms with Crippen molar-refractivity contribution in [2.24, 2.45) is 0 Å². The molecule has 0 aliphatic carbocycles. The molecule has 2 aromatic rings. The monoisotopic (exact) mass is 247 g/mol. The van der Waals surface area contributed by atoms with E-state index in [0.717, 1.165) is 23.9 Å². The van der Waals surface area contributed by atoms with Crippen LogP contribution in [0.3, 0.4) is 0 Å². The minimum absolute atomic E-state index is 0.307. The normalized spacial score (nSPS) is 10.7. The first-order valence-electron chi connectivity index (χ1n) is 6.22. The predicted octanol–water partition coefficient (Wildman–Crippen LogP) is 2.08. The van der Waals surface area contributed by atoms with E-state index < -0.39 is 6.03 Å². The Bertz CT molecular complexity index is 598. The van der Waals surface area contributed by atoms with Crippen molar-refractivity contribution >= 4 is 16.9 Å². The molecule has 0 fully saturated rings. The number of unbranched alkanes of at least 4 members (excludes halogenated alkanes) is 2. The number of hydrogen-bond donors (Lipinski definition) is 2. The van der Waals surface area contributed by atoms with Gasteiger partial charge in [0.15, 0.2) is 0 Å². The van der Waals surface area contributed by atoms with E-state index in [0.29, 0.717) is 17.4 Å². The summed E-state index contributed by atoms with van der Waals surface area (Å²) in [6.45, 7) is 2.69. The first kappa shape index (κ1) is 12.4. The molecule has 2 N–H and O–H groups in total. The fraction of sp³-hybridized carbons (Fsp3) is 0.385. The number of aromatic amines is 1. The van der Waals surface area contributed by atoms with E-state index in [1.54, 1.807) is 18.2 Å². The van der Waals surface area contributed by atoms with Crippen LogP contribution in [0.5, 0.6) is 0 Å². The SMILES string of the molecule is CCCCCNC(=O)n1[nH]c2ccccc2c1=O. The number of aromatic nitrogens is 2. The summed E-state index contributed by atoms with van der Waals surface area (Å²) in [5, 5.41) is 6.05. The molecule has 5 nitrogen and oxygen atoms in total. The highest BCUT2D eigenvalue weighted by atomic mass is 16.2. The Hall–Kier alpha value is -2.04. The topological polar surface area (TPSA) is 66.9 Å². The van der Waals surface area contributed by atoms with Gasteiger partial charge in [-0.3, -0.25) is 9.89 Å². The number of carbonyl (C=O) groups excluding carboxylic acids is 1. The lowest BCUT2D eigenvalue weighted by atomic mass is 10.2. The Balaban J connectivity index is 2.13. The Morgan fingerprint density at radius 3 is 2.83 bits per heavy atom. The van der Waals surface area contributed by atoms with Crippen LogP contribution in [0.25, 0.3) is 10.9 Å². The van der Waals surface area contributed by atoms with Crippen LogP contribution in [0.1, 0.15) is 26.2 Å². The third-order valence-electron chi connectivity index (χ3n) is 2.85. The average Bonchev–Trinajstić information content (AvgIpc) is 2.73. The second-order valence-electron chi connectivity index (χ2n) is 4.24. The lowest BCUT2D eigenvalue weighted by molar-refractivity contribution is 0.239. The maximum Gasteiger partial charge on any atom is 0.343 e. The van der Waals surface area contributed by atoms with Crippen LogP contribution in [-0.2, 0) is 0 Å². The quantitative estimate of drug-likeness (QED) is 0.812. The highest BCUT2D eigenvalue weighted by Crippen LogP contribution is 2.05. The number of rotatable bonds is 4. The third kappa shape index (κ3) is 2.45. The molecule has 0 bridgehead atoms. The van der Waals surface area contributed by atoms with Gasteiger partial charge in [-0.15, -0.1) is 0 Å². The van der Waals surface area contributed by atoms with E-state index in [4.69, 9.17) is 0 Å². The maximum atomic E-state index is 11.9. The van der Waals surface area contributed by atoms with Crippen molar-refractivity contribution in [3.63, 3.8) is 0 Å². The minimum atomic E-state index is -0.396. The number of fused-ring (bicyclic) bond motifs is 1. The van der Waals surface area contributed by atoms with Gasteiger partial charge >= 0.3 is 6.03 Å². The molecule has 96 valence electrons. The summed E-state index contributed by atoms with van der Waals surface area (Å²) in [7, 11) is 0. The number of carbonyl (C=O) groups is 1. The summed E-state index contributed by atoms with van der Waals surface area (Å²) in [6, 6.07) is 6.68. The fourth-order valence-electron chi connectivity index (χ4n) is 1.85. The Morgan fingerprint density at radius 2 is 2.11 bits per heavy atom. The molecule has 0 spiro atoms. The van der Waals surface area contributed by atoms with E-state index in [2.05, 4.69) is 17.3 Å². The van der Waals surface area contributed by atoms with Gasteiger partial charge in [0.25, 0.3) is 5.56 Å². The van der Waals surface area contributed by atoms with Crippen molar-refractivity contribution < 1.29 is 4.79 Å². The highest BCUT2D eigenvalue weighted by molar-refractivity contribution is 5.84. The fourth-order valence-corrected chi connectivity index (χ4v) is 1.85. The molecule has 1 heterocycles. The van der Waals surface area contributed by atoms with Crippen molar-refractivity contribution in [2.45, 2.75) is 26.2 Å². The summed E-state index contributed by atoms with van der Waals surface area (Å²) >= 11 is 0. The van der Waals surface area contributed by atoms with Gasteiger partial charge in [0.2, 0.25) is 0 Å². The second-order valence-corrected chi connectivity index (χ2v) is 4.24. The van der Waals surface area contributed by atoms with Gasteiger partial charge < -0.3 is 5.32 Å². The maximum absolute atomic E-state index is 11.9. The molecule has 0 saturated carbocycles. The van der Waals surface area contributed by atoms with Crippen LogP contribution in [0.15, 0.2) is 29.1 Å². The van der Waals surface area contributed by atoms with Gasteiger partial charge in [-0.1, -0.05) is 31.9 Å². The van der Waals surface area contributed by atoms with Crippen LogP contribution >= 0.6 is 0 Å². The Labute approximate surface area is 105 Å². The van der Waals surface area contributed by atoms with E-state index in [1.807, 2.05) is 6.07 Å². The molecule has 1 aromatic carbocycles. The van der Waals surface area contributed by atoms with Gasteiger partial charge in [0.05, 0.1) is 10.9 Å². The molecule has 0 radical (unpaired) electrons. The molecular formula is C13H17N3O2. The first-order valence-corrected chi connectivity index (χ1v) is 6.22. The van der Waals surface area contributed by atoms with Gasteiger partial charge in [0.1, 0.15) is 0 Å². The number of benzene rings is 1. The van der Waals surface area contributed by atoms with Crippen LogP contribution in [-0.4, -0.2) is 22.4 Å². The standard InChI is InChI=1S/C13H17N3O2/c1-2-3-6-9-14-13(18)16-12(17)10-7-4-5-8-11(10)15-16/h4-5,7-8,15H,2-3,6,9H2,1H3,(H,14,18). The van der Waals surface area contributed by atoms with Crippen molar-refractivity contribution in [3.05, 3.63) is 34.6 Å². The van der Waals surface area contributed by atoms with Crippen LogP contribution in [0, 0.1) is 0 Å². The zero-order chi connectivity index (χ0) is 13.0. The minimum Gasteiger partial charge on any atom is -0.336 e. The van der Waals surface area contributed by atoms with Gasteiger partial charge in [-0.25, -0.2) is 4.79 Å². The zero-order valence-electron chi connectivity index (χ0n) is 10.4. The zero-order valence-corrected chi connectivity index (χ0v) is 10.4. The molecule has 2 rings (SSSR count). The molecular weight excluding hydrogens is 230 g/mol. The first-order chi connectivity index (χ1) is 8.74. The number of H-pyrrole nitrogens is 1. The lowest BCUT2D eigenvalue weighted by Gasteiger charge is -2.03. The number of amides is 1. The highest BCUT2D eigenvalue weighted by Gasteiger charge is 2.11. The molecule has 1 aromatic heterocycles. The number of hydrogen-bond acceptors (Lipinski definition) is 2. The van der Waals surface area contributed by atoms with Crippen molar-refractivity contribution in [1.82, 2.24) is 15.1 Å². The summed E-state index contributed by atoms with van der Waals surface area (Å²) in [6.07, 6.45) is 3.10. The van der Waals surface area contributed by atoms with Crippen molar-refractivity contribution in [2.75, 3.05) is 6.54 Å². The van der Waals surface area contributed by atoms with E-state index in [-0.39, 0.29) is 5.56 Å². The van der Waals surface area contributed by atoms with E-state index in [9.17, 15) is 9.59 Å². The third-order valence-corrected chi connectivity index (χ3v) is 2.85. The summed E-state index contributed by atoms with van der Waals surface area (Å²) in [4.78, 5) is 23.7. The predicted molar refractivity (Wildman–Crippen MR) is 70.9 cm³/mol. The molecule has 0 saturated heterocycles. The molecule has 5 heteroatoms. The number of nitrogens with one attached hydrogen (secondary N) is 2. The van der Waals surface area contributed by atoms with Crippen LogP contribution < -0.4 is 10.9 Å². The lowest BCUT2D eigenvalue weighted by Crippen LogP contribution is -2.35. The summed E-state index contributed by atoms with van der Waals surface area (Å²) in [5.41, 5.74) is 0.366.